The molecular formula is C54H93NO7. The van der Waals surface area contributed by atoms with Gasteiger partial charge in [0.05, 0.1) is 40.3 Å². The minimum absolute atomic E-state index is 0.0328. The number of quaternary nitrogens is 1. The molecule has 0 aliphatic rings. The van der Waals surface area contributed by atoms with E-state index in [0.717, 1.165) is 77.0 Å². The Morgan fingerprint density at radius 1 is 0.500 bits per heavy atom. The lowest BCUT2D eigenvalue weighted by atomic mass is 10.1. The fourth-order valence-electron chi connectivity index (χ4n) is 6.97. The van der Waals surface area contributed by atoms with Crippen LogP contribution in [0.1, 0.15) is 200 Å². The number of carboxylic acids is 1. The monoisotopic (exact) mass is 868 g/mol. The standard InChI is InChI=1S/C54H93NO7/c1-6-8-10-12-14-16-18-20-22-23-24-25-26-27-28-29-31-32-34-36-38-40-42-44-52(56)61-49-50(48-60-47-46-51(54(58)59)55(3,4)5)62-53(57)45-43-41-39-37-35-33-30-21-19-17-15-13-11-9-7-2/h8,10,14,16-17,19-20,22,24-25,27-28,50-51H,6-7,9,11-13,15,18,21,23,26,29-49H2,1-5H3/b10-8+,16-14+,19-17+,22-20+,25-24+,28-27+. The number of likely N-dealkylation sites (N-methyl/N-ethyl adjacent to an activating group) is 1. The third-order valence-electron chi connectivity index (χ3n) is 10.8. The van der Waals surface area contributed by atoms with Crippen LogP contribution < -0.4 is 5.11 Å². The summed E-state index contributed by atoms with van der Waals surface area (Å²) < 4.78 is 17.2. The number of ether oxygens (including phenoxy) is 3. The summed E-state index contributed by atoms with van der Waals surface area (Å²) in [5, 5.41) is 11.7. The summed E-state index contributed by atoms with van der Waals surface area (Å²) in [7, 11) is 5.40. The summed E-state index contributed by atoms with van der Waals surface area (Å²) in [6, 6.07) is -0.731. The third kappa shape index (κ3) is 42.1. The van der Waals surface area contributed by atoms with Crippen LogP contribution in [0.25, 0.3) is 0 Å². The number of carbonyl (C=O) groups is 3. The van der Waals surface area contributed by atoms with Crippen molar-refractivity contribution in [1.29, 1.82) is 0 Å². The van der Waals surface area contributed by atoms with Gasteiger partial charge in [0.1, 0.15) is 12.6 Å². The van der Waals surface area contributed by atoms with Crippen molar-refractivity contribution in [1.82, 2.24) is 0 Å². The van der Waals surface area contributed by atoms with Crippen molar-refractivity contribution in [3.63, 3.8) is 0 Å². The van der Waals surface area contributed by atoms with E-state index < -0.39 is 18.1 Å². The molecule has 8 heteroatoms. The molecular weight excluding hydrogens is 775 g/mol. The molecule has 0 bridgehead atoms. The molecule has 2 atom stereocenters. The number of hydrogen-bond donors (Lipinski definition) is 0. The van der Waals surface area contributed by atoms with Crippen LogP contribution in [0, 0.1) is 0 Å². The minimum atomic E-state index is -1.13. The number of hydrogen-bond acceptors (Lipinski definition) is 7. The highest BCUT2D eigenvalue weighted by Gasteiger charge is 2.25. The molecule has 2 unspecified atom stereocenters. The van der Waals surface area contributed by atoms with Gasteiger partial charge >= 0.3 is 11.9 Å². The topological polar surface area (TPSA) is 102 Å². The molecule has 356 valence electrons. The highest BCUT2D eigenvalue weighted by Crippen LogP contribution is 2.14. The Labute approximate surface area is 381 Å². The zero-order valence-electron chi connectivity index (χ0n) is 40.5. The first kappa shape index (κ1) is 58.8. The molecule has 0 saturated heterocycles. The number of allylic oxidation sites excluding steroid dienone is 12. The van der Waals surface area contributed by atoms with Crippen LogP contribution in [0.2, 0.25) is 0 Å². The zero-order valence-corrected chi connectivity index (χ0v) is 40.5. The average molecular weight is 868 g/mol. The van der Waals surface area contributed by atoms with E-state index in [1.54, 1.807) is 21.1 Å². The minimum Gasteiger partial charge on any atom is -0.544 e. The number of carbonyl (C=O) groups excluding carboxylic acids is 3. The van der Waals surface area contributed by atoms with Crippen molar-refractivity contribution in [3.8, 4) is 0 Å². The molecule has 0 aliphatic carbocycles. The zero-order chi connectivity index (χ0) is 45.6. The van der Waals surface area contributed by atoms with Crippen LogP contribution in [0.15, 0.2) is 72.9 Å². The number of rotatable bonds is 44. The summed E-state index contributed by atoms with van der Waals surface area (Å²) in [6.45, 7) is 4.52. The summed E-state index contributed by atoms with van der Waals surface area (Å²) in [5.41, 5.74) is 0. The fourth-order valence-corrected chi connectivity index (χ4v) is 6.97. The van der Waals surface area contributed by atoms with Crippen LogP contribution in [-0.4, -0.2) is 75.5 Å². The molecule has 62 heavy (non-hydrogen) atoms. The van der Waals surface area contributed by atoms with E-state index in [1.165, 1.54) is 89.9 Å². The van der Waals surface area contributed by atoms with Gasteiger partial charge < -0.3 is 28.6 Å². The van der Waals surface area contributed by atoms with Gasteiger partial charge in [-0.05, 0) is 83.5 Å². The van der Waals surface area contributed by atoms with Gasteiger partial charge in [-0.3, -0.25) is 9.59 Å². The van der Waals surface area contributed by atoms with Gasteiger partial charge in [0.25, 0.3) is 0 Å². The second-order valence-electron chi connectivity index (χ2n) is 17.7. The van der Waals surface area contributed by atoms with Crippen molar-refractivity contribution in [3.05, 3.63) is 72.9 Å². The Bertz CT molecular complexity index is 1240. The second kappa shape index (κ2) is 44.4. The number of esters is 2. The van der Waals surface area contributed by atoms with Gasteiger partial charge in [-0.1, -0.05) is 170 Å². The van der Waals surface area contributed by atoms with Gasteiger partial charge in [0.15, 0.2) is 6.10 Å². The van der Waals surface area contributed by atoms with Crippen LogP contribution in [0.3, 0.4) is 0 Å². The Kier molecular flexibility index (Phi) is 42.1. The van der Waals surface area contributed by atoms with E-state index in [2.05, 4.69) is 86.8 Å². The molecule has 0 rings (SSSR count). The SMILES string of the molecule is CC/C=C/C/C=C/C/C=C/C/C=C/C/C=C/CCCCCCCCCC(=O)OCC(COCCC(C(=O)[O-])[N+](C)(C)C)OC(=O)CCCCCCCCC/C=C/CCCCCC. The van der Waals surface area contributed by atoms with Crippen LogP contribution >= 0.6 is 0 Å². The summed E-state index contributed by atoms with van der Waals surface area (Å²) in [6.07, 6.45) is 56.4. The van der Waals surface area contributed by atoms with E-state index in [9.17, 15) is 19.5 Å². The Morgan fingerprint density at radius 3 is 1.35 bits per heavy atom. The van der Waals surface area contributed by atoms with Crippen LogP contribution in [0.5, 0.6) is 0 Å². The number of carboxylic acid groups (broad SMARTS) is 1. The van der Waals surface area contributed by atoms with E-state index in [0.29, 0.717) is 12.8 Å². The lowest BCUT2D eigenvalue weighted by molar-refractivity contribution is -0.889. The lowest BCUT2D eigenvalue weighted by Crippen LogP contribution is -2.55. The average Bonchev–Trinajstić information content (AvgIpc) is 3.23. The smallest absolute Gasteiger partial charge is 0.306 e. The van der Waals surface area contributed by atoms with E-state index >= 15 is 0 Å². The van der Waals surface area contributed by atoms with Crippen molar-refractivity contribution in [2.24, 2.45) is 0 Å². The van der Waals surface area contributed by atoms with Crippen molar-refractivity contribution in [2.75, 3.05) is 41.0 Å². The molecule has 0 fully saturated rings. The molecule has 8 nitrogen and oxygen atoms in total. The first-order chi connectivity index (χ1) is 30.1. The number of unbranched alkanes of at least 4 members (excludes halogenated alkanes) is 18. The molecule has 0 saturated carbocycles. The second-order valence-corrected chi connectivity index (χ2v) is 17.7. The summed E-state index contributed by atoms with van der Waals surface area (Å²) in [5.74, 6) is -1.76. The third-order valence-corrected chi connectivity index (χ3v) is 10.8. The quantitative estimate of drug-likeness (QED) is 0.0260. The molecule has 0 spiro atoms. The molecule has 0 amide bonds. The Balaban J connectivity index is 4.28. The van der Waals surface area contributed by atoms with Gasteiger partial charge in [-0.25, -0.2) is 0 Å². The van der Waals surface area contributed by atoms with Gasteiger partial charge in [-0.15, -0.1) is 0 Å². The van der Waals surface area contributed by atoms with Crippen LogP contribution in [0.4, 0.5) is 0 Å². The van der Waals surface area contributed by atoms with Gasteiger partial charge in [0, 0.05) is 19.3 Å². The maximum absolute atomic E-state index is 12.8. The maximum Gasteiger partial charge on any atom is 0.306 e. The van der Waals surface area contributed by atoms with Crippen molar-refractivity contribution >= 4 is 17.9 Å². The number of aliphatic carboxylic acids is 1. The Hall–Kier alpha value is -3.23. The highest BCUT2D eigenvalue weighted by atomic mass is 16.6. The summed E-state index contributed by atoms with van der Waals surface area (Å²) in [4.78, 5) is 37.0. The predicted octanol–water partition coefficient (Wildman–Crippen LogP) is 13.0. The predicted molar refractivity (Wildman–Crippen MR) is 259 cm³/mol. The van der Waals surface area contributed by atoms with Crippen LogP contribution in [-0.2, 0) is 28.6 Å². The lowest BCUT2D eigenvalue weighted by Gasteiger charge is -2.34. The first-order valence-corrected chi connectivity index (χ1v) is 25.0. The molecule has 0 heterocycles. The van der Waals surface area contributed by atoms with Crippen molar-refractivity contribution in [2.45, 2.75) is 212 Å². The molecule has 0 aliphatic heterocycles. The Morgan fingerprint density at radius 2 is 0.903 bits per heavy atom. The van der Waals surface area contributed by atoms with E-state index in [-0.39, 0.29) is 42.7 Å². The first-order valence-electron chi connectivity index (χ1n) is 25.0. The molecule has 0 N–H and O–H groups in total. The molecule has 0 aromatic carbocycles. The van der Waals surface area contributed by atoms with E-state index in [4.69, 9.17) is 14.2 Å². The van der Waals surface area contributed by atoms with Crippen molar-refractivity contribution < 1.29 is 38.2 Å². The van der Waals surface area contributed by atoms with Gasteiger partial charge in [0.2, 0.25) is 0 Å². The largest absolute Gasteiger partial charge is 0.544 e. The maximum atomic E-state index is 12.8. The number of nitrogens with zero attached hydrogens (tertiary/aromatic N) is 1. The fraction of sp³-hybridized carbons (Fsp3) is 0.722. The molecule has 0 aromatic heterocycles. The highest BCUT2D eigenvalue weighted by molar-refractivity contribution is 5.70. The normalized spacial score (nSPS) is 13.5. The van der Waals surface area contributed by atoms with E-state index in [1.807, 2.05) is 0 Å². The molecule has 0 aromatic rings. The van der Waals surface area contributed by atoms with Gasteiger partial charge in [-0.2, -0.15) is 0 Å². The molecule has 0 radical (unpaired) electrons. The summed E-state index contributed by atoms with van der Waals surface area (Å²) >= 11 is 0.